The number of aliphatic hydroxyl groups excluding tert-OH is 1. The van der Waals surface area contributed by atoms with Crippen molar-refractivity contribution in [1.29, 1.82) is 0 Å². The van der Waals surface area contributed by atoms with Crippen LogP contribution < -0.4 is 16.0 Å². The molecule has 1 aromatic rings. The zero-order chi connectivity index (χ0) is 22.8. The normalized spacial score (nSPS) is 13.8. The minimum atomic E-state index is -1.39. The minimum absolute atomic E-state index is 0.00280. The number of phenolic OH excluding ortho intramolecular Hbond substituents is 1. The molecule has 0 saturated carbocycles. The highest BCUT2D eigenvalue weighted by Crippen LogP contribution is 2.12. The van der Waals surface area contributed by atoms with E-state index in [4.69, 9.17) is 0 Å². The summed E-state index contributed by atoms with van der Waals surface area (Å²) < 4.78 is 0. The first kappa shape index (κ1) is 24.9. The number of hydrogen-bond acceptors (Lipinski definition) is 6. The van der Waals surface area contributed by atoms with Crippen molar-refractivity contribution in [1.82, 2.24) is 16.0 Å². The van der Waals surface area contributed by atoms with Crippen molar-refractivity contribution in [2.45, 2.75) is 51.7 Å². The standard InChI is InChI=1S/C20H29N3O7/c1-11(2)8-16(20(29)30)22-19(28)17(10-24)23-18(27)15(21-12(3)25)9-13-4-6-14(26)7-5-13/h4-7,11,15-17,24,26H,8-10H2,1-3H3,(H,21,25)(H,22,28)(H,23,27)(H,29,30)/t15-,16-,17-/m0/s1. The summed E-state index contributed by atoms with van der Waals surface area (Å²) in [5, 5.41) is 35.3. The van der Waals surface area contributed by atoms with Gasteiger partial charge in [-0.1, -0.05) is 26.0 Å². The van der Waals surface area contributed by atoms with Crippen LogP contribution in [0.2, 0.25) is 0 Å². The Kier molecular flexibility index (Phi) is 9.76. The number of nitrogens with one attached hydrogen (secondary N) is 3. The zero-order valence-corrected chi connectivity index (χ0v) is 17.2. The maximum atomic E-state index is 12.6. The lowest BCUT2D eigenvalue weighted by Gasteiger charge is -2.23. The molecule has 10 nitrogen and oxygen atoms in total. The molecule has 0 saturated heterocycles. The maximum Gasteiger partial charge on any atom is 0.326 e. The lowest BCUT2D eigenvalue weighted by molar-refractivity contribution is -0.143. The van der Waals surface area contributed by atoms with Crippen molar-refractivity contribution in [2.75, 3.05) is 6.61 Å². The van der Waals surface area contributed by atoms with Gasteiger partial charge < -0.3 is 31.3 Å². The van der Waals surface area contributed by atoms with Crippen molar-refractivity contribution in [2.24, 2.45) is 5.92 Å². The number of aromatic hydroxyl groups is 1. The molecule has 10 heteroatoms. The van der Waals surface area contributed by atoms with E-state index >= 15 is 0 Å². The van der Waals surface area contributed by atoms with Crippen molar-refractivity contribution < 1.29 is 34.5 Å². The average molecular weight is 423 g/mol. The fourth-order valence-electron chi connectivity index (χ4n) is 2.75. The molecule has 0 unspecified atom stereocenters. The van der Waals surface area contributed by atoms with Crippen LogP contribution in [-0.2, 0) is 25.6 Å². The van der Waals surface area contributed by atoms with E-state index in [9.17, 15) is 34.5 Å². The highest BCUT2D eigenvalue weighted by Gasteiger charge is 2.29. The second kappa shape index (κ2) is 11.8. The molecule has 0 bridgehead atoms. The van der Waals surface area contributed by atoms with Gasteiger partial charge in [0.25, 0.3) is 0 Å². The SMILES string of the molecule is CC(=O)N[C@@H](Cc1ccc(O)cc1)C(=O)N[C@@H](CO)C(=O)N[C@@H](CC(C)C)C(=O)O. The third-order valence-electron chi connectivity index (χ3n) is 4.21. The molecular formula is C20H29N3O7. The Bertz CT molecular complexity index is 749. The number of carbonyl (C=O) groups is 4. The predicted octanol–water partition coefficient (Wildman–Crippen LogP) is -0.468. The van der Waals surface area contributed by atoms with E-state index in [1.54, 1.807) is 26.0 Å². The van der Waals surface area contributed by atoms with Gasteiger partial charge >= 0.3 is 5.97 Å². The Morgan fingerprint density at radius 2 is 1.43 bits per heavy atom. The second-order valence-electron chi connectivity index (χ2n) is 7.40. The summed E-state index contributed by atoms with van der Waals surface area (Å²) in [6.07, 6.45) is 0.263. The van der Waals surface area contributed by atoms with Gasteiger partial charge in [0.2, 0.25) is 17.7 Å². The first-order chi connectivity index (χ1) is 14.0. The highest BCUT2D eigenvalue weighted by atomic mass is 16.4. The fourth-order valence-corrected chi connectivity index (χ4v) is 2.75. The summed E-state index contributed by atoms with van der Waals surface area (Å²) >= 11 is 0. The van der Waals surface area contributed by atoms with Gasteiger partial charge in [0.05, 0.1) is 6.61 Å². The topological polar surface area (TPSA) is 165 Å². The number of phenols is 1. The molecule has 0 aliphatic carbocycles. The zero-order valence-electron chi connectivity index (χ0n) is 17.2. The van der Waals surface area contributed by atoms with Crippen LogP contribution in [-0.4, -0.2) is 63.7 Å². The van der Waals surface area contributed by atoms with Crippen LogP contribution in [0.5, 0.6) is 5.75 Å². The quantitative estimate of drug-likeness (QED) is 0.280. The molecule has 0 fully saturated rings. The lowest BCUT2D eigenvalue weighted by Crippen LogP contribution is -2.57. The maximum absolute atomic E-state index is 12.6. The number of benzene rings is 1. The third-order valence-corrected chi connectivity index (χ3v) is 4.21. The summed E-state index contributed by atoms with van der Waals surface area (Å²) in [5.74, 6) is -3.20. The number of amides is 3. The van der Waals surface area contributed by atoms with E-state index in [1.807, 2.05) is 0 Å². The van der Waals surface area contributed by atoms with E-state index in [0.29, 0.717) is 5.56 Å². The van der Waals surface area contributed by atoms with Crippen LogP contribution in [0.4, 0.5) is 0 Å². The molecule has 0 aromatic heterocycles. The van der Waals surface area contributed by atoms with Gasteiger partial charge in [-0.2, -0.15) is 0 Å². The molecule has 0 aliphatic heterocycles. The van der Waals surface area contributed by atoms with Gasteiger partial charge in [0, 0.05) is 13.3 Å². The Morgan fingerprint density at radius 3 is 1.90 bits per heavy atom. The van der Waals surface area contributed by atoms with E-state index in [1.165, 1.54) is 19.1 Å². The van der Waals surface area contributed by atoms with Crippen molar-refractivity contribution in [3.05, 3.63) is 29.8 Å². The molecule has 0 heterocycles. The summed E-state index contributed by atoms with van der Waals surface area (Å²) in [6.45, 7) is 4.08. The number of carbonyl (C=O) groups excluding carboxylic acids is 3. The van der Waals surface area contributed by atoms with Crippen molar-refractivity contribution in [3.63, 3.8) is 0 Å². The van der Waals surface area contributed by atoms with Crippen molar-refractivity contribution >= 4 is 23.7 Å². The number of aliphatic hydroxyl groups is 1. The smallest absolute Gasteiger partial charge is 0.326 e. The van der Waals surface area contributed by atoms with Crippen LogP contribution in [0.25, 0.3) is 0 Å². The molecule has 3 atom stereocenters. The number of aliphatic carboxylic acids is 1. The van der Waals surface area contributed by atoms with Crippen molar-refractivity contribution in [3.8, 4) is 5.75 Å². The van der Waals surface area contributed by atoms with Crippen LogP contribution in [0.1, 0.15) is 32.8 Å². The number of hydrogen-bond donors (Lipinski definition) is 6. The highest BCUT2D eigenvalue weighted by molar-refractivity contribution is 5.93. The Morgan fingerprint density at radius 1 is 0.900 bits per heavy atom. The summed E-state index contributed by atoms with van der Waals surface area (Å²) in [6, 6.07) is 2.44. The molecular weight excluding hydrogens is 394 g/mol. The minimum Gasteiger partial charge on any atom is -0.508 e. The van der Waals surface area contributed by atoms with Crippen LogP contribution in [0.3, 0.4) is 0 Å². The molecule has 30 heavy (non-hydrogen) atoms. The molecule has 1 rings (SSSR count). The number of carboxylic acid groups (broad SMARTS) is 1. The summed E-state index contributed by atoms with van der Waals surface area (Å²) in [7, 11) is 0. The van der Waals surface area contributed by atoms with E-state index in [0.717, 1.165) is 0 Å². The van der Waals surface area contributed by atoms with Gasteiger partial charge in [-0.05, 0) is 30.0 Å². The second-order valence-corrected chi connectivity index (χ2v) is 7.40. The number of carboxylic acids is 1. The van der Waals surface area contributed by atoms with Gasteiger partial charge in [-0.25, -0.2) is 4.79 Å². The Hall–Kier alpha value is -3.14. The van der Waals surface area contributed by atoms with Gasteiger partial charge in [-0.15, -0.1) is 0 Å². The first-order valence-corrected chi connectivity index (χ1v) is 9.52. The molecule has 0 aliphatic rings. The molecule has 3 amide bonds. The van der Waals surface area contributed by atoms with Crippen LogP contribution in [0, 0.1) is 5.92 Å². The van der Waals surface area contributed by atoms with E-state index in [-0.39, 0.29) is 24.5 Å². The van der Waals surface area contributed by atoms with E-state index < -0.39 is 48.4 Å². The predicted molar refractivity (Wildman–Crippen MR) is 107 cm³/mol. The monoisotopic (exact) mass is 423 g/mol. The third kappa shape index (κ3) is 8.48. The average Bonchev–Trinajstić information content (AvgIpc) is 2.65. The summed E-state index contributed by atoms with van der Waals surface area (Å²) in [5.41, 5.74) is 0.648. The van der Waals surface area contributed by atoms with Gasteiger partial charge in [0.15, 0.2) is 0 Å². The van der Waals surface area contributed by atoms with Gasteiger partial charge in [-0.3, -0.25) is 14.4 Å². The molecule has 0 spiro atoms. The Balaban J connectivity index is 2.87. The molecule has 6 N–H and O–H groups in total. The Labute approximate surface area is 174 Å². The largest absolute Gasteiger partial charge is 0.508 e. The summed E-state index contributed by atoms with van der Waals surface area (Å²) in [4.78, 5) is 47.8. The van der Waals surface area contributed by atoms with E-state index in [2.05, 4.69) is 16.0 Å². The fraction of sp³-hybridized carbons (Fsp3) is 0.500. The first-order valence-electron chi connectivity index (χ1n) is 9.52. The van der Waals surface area contributed by atoms with Gasteiger partial charge in [0.1, 0.15) is 23.9 Å². The lowest BCUT2D eigenvalue weighted by atomic mass is 10.0. The molecule has 0 radical (unpaired) electrons. The molecule has 1 aromatic carbocycles. The molecule has 166 valence electrons. The van der Waals surface area contributed by atoms with Crippen LogP contribution >= 0.6 is 0 Å². The van der Waals surface area contributed by atoms with Crippen LogP contribution in [0.15, 0.2) is 24.3 Å². The number of rotatable bonds is 11.